The number of amides is 3. The molecule has 1 atom stereocenters. The van der Waals surface area contributed by atoms with Gasteiger partial charge in [0.05, 0.1) is 34.8 Å². The van der Waals surface area contributed by atoms with Gasteiger partial charge < -0.3 is 28.9 Å². The number of piperidine rings is 3. The number of likely N-dealkylation sites (tertiary alicyclic amines) is 3. The van der Waals surface area contributed by atoms with Crippen LogP contribution in [0.25, 0.3) is 0 Å². The zero-order valence-corrected chi connectivity index (χ0v) is 49.7. The molecule has 9 heterocycles. The predicted molar refractivity (Wildman–Crippen MR) is 291 cm³/mol. The molecule has 6 aromatic rings. The van der Waals surface area contributed by atoms with E-state index in [1.54, 1.807) is 46.7 Å². The molecule has 0 aliphatic carbocycles. The van der Waals surface area contributed by atoms with Gasteiger partial charge >= 0.3 is 30.3 Å². The van der Waals surface area contributed by atoms with E-state index < -0.39 is 78.3 Å². The summed E-state index contributed by atoms with van der Waals surface area (Å²) in [5, 5.41) is 17.7. The zero-order chi connectivity index (χ0) is 63.3. The van der Waals surface area contributed by atoms with Crippen molar-refractivity contribution in [2.75, 3.05) is 59.1 Å². The lowest BCUT2D eigenvalue weighted by Gasteiger charge is -2.32. The first-order valence-electron chi connectivity index (χ1n) is 27.3. The summed E-state index contributed by atoms with van der Waals surface area (Å²) in [4.78, 5) is 90.4. The van der Waals surface area contributed by atoms with Gasteiger partial charge in [-0.05, 0) is 84.4 Å². The second-order valence-corrected chi connectivity index (χ2v) is 22.5. The van der Waals surface area contributed by atoms with Gasteiger partial charge in [0.25, 0.3) is 12.9 Å². The number of alkyl halides is 10. The highest BCUT2D eigenvalue weighted by atomic mass is 32.1. The van der Waals surface area contributed by atoms with Gasteiger partial charge in [-0.15, -0.1) is 34.0 Å². The Balaban J connectivity index is 0.000000187. The predicted octanol–water partition coefficient (Wildman–Crippen LogP) is 9.99. The fraction of sp³-hybridized carbons (Fsp3) is 0.547. The Morgan fingerprint density at radius 2 is 1.00 bits per heavy atom. The molecule has 6 aromatic heterocycles. The minimum Gasteiger partial charge on any atom is -0.461 e. The van der Waals surface area contributed by atoms with E-state index in [-0.39, 0.29) is 79.6 Å². The molecule has 3 saturated heterocycles. The number of aromatic nitrogens is 9. The molecule has 3 amide bonds. The smallest absolute Gasteiger partial charge is 0.435 e. The van der Waals surface area contributed by atoms with Gasteiger partial charge in [0.2, 0.25) is 17.7 Å². The van der Waals surface area contributed by atoms with Crippen molar-refractivity contribution in [3.05, 3.63) is 101 Å². The van der Waals surface area contributed by atoms with E-state index in [9.17, 15) is 72.7 Å². The van der Waals surface area contributed by atoms with Crippen molar-refractivity contribution in [1.82, 2.24) is 59.0 Å². The molecule has 0 bridgehead atoms. The number of halogens is 10. The molecular weight excluding hydrogens is 1230 g/mol. The van der Waals surface area contributed by atoms with Gasteiger partial charge in [-0.3, -0.25) is 28.4 Å². The van der Waals surface area contributed by atoms with E-state index in [1.807, 2.05) is 0 Å². The summed E-state index contributed by atoms with van der Waals surface area (Å²) in [5.41, 5.74) is -2.43. The molecule has 3 aliphatic rings. The lowest BCUT2D eigenvalue weighted by Crippen LogP contribution is -2.41. The van der Waals surface area contributed by atoms with E-state index in [1.165, 1.54) is 45.8 Å². The minimum atomic E-state index is -4.54. The third kappa shape index (κ3) is 18.1. The Labute approximate surface area is 502 Å². The number of nitrogens with zero attached hydrogens (tertiary/aromatic N) is 12. The summed E-state index contributed by atoms with van der Waals surface area (Å²) in [6.07, 6.45) is -9.83. The van der Waals surface area contributed by atoms with Crippen molar-refractivity contribution >= 4 is 69.6 Å². The molecule has 0 saturated carbocycles. The molecule has 1 unspecified atom stereocenters. The Hall–Kier alpha value is -7.36. The number of hydrogen-bond donors (Lipinski definition) is 0. The van der Waals surface area contributed by atoms with Crippen LogP contribution < -0.4 is 0 Å². The summed E-state index contributed by atoms with van der Waals surface area (Å²) in [6, 6.07) is 2.40. The lowest BCUT2D eigenvalue weighted by atomic mass is 9.97. The number of thiazole rings is 3. The highest BCUT2D eigenvalue weighted by molar-refractivity contribution is 7.10. The number of ether oxygens (including phenoxy) is 3. The average Bonchev–Trinajstić information content (AvgIpc) is 4.50. The van der Waals surface area contributed by atoms with Gasteiger partial charge in [-0.25, -0.2) is 46.9 Å². The molecule has 21 nitrogen and oxygen atoms in total. The van der Waals surface area contributed by atoms with Crippen LogP contribution in [0.3, 0.4) is 0 Å². The van der Waals surface area contributed by atoms with Gasteiger partial charge in [0.1, 0.15) is 31.0 Å². The van der Waals surface area contributed by atoms with E-state index in [2.05, 4.69) is 30.2 Å². The molecule has 0 spiro atoms. The van der Waals surface area contributed by atoms with Crippen molar-refractivity contribution in [3.8, 4) is 0 Å². The van der Waals surface area contributed by atoms with Crippen molar-refractivity contribution < 1.29 is 86.9 Å². The number of carbonyl (C=O) groups excluding carboxylic acids is 6. The standard InChI is InChI=1S/C18H20F4N4O3S.C18H21F3N4O3S.C17H19F3N4O3S/c1-2-29-18(28)12-9-30-17(23-12)10-3-5-25(6-4-10)14(27)8-26-13(16(21)22)7-11(24-26)15(19)20;1-3-28-17(27)13-10-29-16(22-13)12-5-4-6-24(8-12)15(26)9-25-11(2)7-14(23-25)18(19,20)21;1-2-27-16(26)12-10-28-15(21-12)11-3-6-23(7-4-11)14(25)9-24-8-5-13(22-24)17(18,19)20/h7,9-10,15-16H,2-6,8H2,1H3;7,10,12H,3-6,8-9H2,1-2H3;5,8,10-11H,2-4,6-7,9H2,1H3. The van der Waals surface area contributed by atoms with Gasteiger partial charge in [-0.1, -0.05) is 0 Å². The van der Waals surface area contributed by atoms with Crippen LogP contribution in [0, 0.1) is 6.92 Å². The van der Waals surface area contributed by atoms with Crippen LogP contribution in [0.1, 0.15) is 165 Å². The number of rotatable bonds is 17. The summed E-state index contributed by atoms with van der Waals surface area (Å²) >= 11 is 4.08. The fourth-order valence-corrected chi connectivity index (χ4v) is 12.3. The molecule has 3 fully saturated rings. The first-order chi connectivity index (χ1) is 41.3. The molecule has 87 heavy (non-hydrogen) atoms. The quantitative estimate of drug-likeness (QED) is 0.0470. The first-order valence-corrected chi connectivity index (χ1v) is 30.0. The number of carbonyl (C=O) groups is 6. The monoisotopic (exact) mass is 1290 g/mol. The number of hydrogen-bond acceptors (Lipinski definition) is 18. The van der Waals surface area contributed by atoms with E-state index >= 15 is 0 Å². The lowest BCUT2D eigenvalue weighted by molar-refractivity contribution is -0.142. The summed E-state index contributed by atoms with van der Waals surface area (Å²) in [5.74, 6) is -2.27. The normalized spacial score (nSPS) is 16.1. The second kappa shape index (κ2) is 30.0. The molecule has 34 heteroatoms. The first kappa shape index (κ1) is 67.2. The van der Waals surface area contributed by atoms with Crippen molar-refractivity contribution in [2.24, 2.45) is 0 Å². The second-order valence-electron chi connectivity index (χ2n) is 19.8. The molecular formula is C53H60F10N12O9S3. The summed E-state index contributed by atoms with van der Waals surface area (Å²) in [6.45, 7) is 9.06. The Morgan fingerprint density at radius 3 is 1.43 bits per heavy atom. The van der Waals surface area contributed by atoms with Crippen LogP contribution in [0.4, 0.5) is 43.9 Å². The topological polar surface area (TPSA) is 232 Å². The summed E-state index contributed by atoms with van der Waals surface area (Å²) < 4.78 is 145. The van der Waals surface area contributed by atoms with Gasteiger partial charge in [0.15, 0.2) is 28.5 Å². The molecule has 0 N–H and O–H groups in total. The zero-order valence-electron chi connectivity index (χ0n) is 47.2. The third-order valence-corrected chi connectivity index (χ3v) is 16.9. The van der Waals surface area contributed by atoms with E-state index in [0.29, 0.717) is 81.4 Å². The van der Waals surface area contributed by atoms with Crippen LogP contribution in [-0.4, -0.2) is 154 Å². The highest BCUT2D eigenvalue weighted by Gasteiger charge is 2.37. The van der Waals surface area contributed by atoms with Crippen molar-refractivity contribution in [1.29, 1.82) is 0 Å². The largest absolute Gasteiger partial charge is 0.461 e. The van der Waals surface area contributed by atoms with Gasteiger partial charge in [0, 0.05) is 85.1 Å². The maximum Gasteiger partial charge on any atom is 0.435 e. The summed E-state index contributed by atoms with van der Waals surface area (Å²) in [7, 11) is 0. The SMILES string of the molecule is CCOC(=O)c1csc(C2CCCN(C(=O)Cn3nc(C(F)(F)F)cc3C)C2)n1.CCOC(=O)c1csc(C2CCN(C(=O)Cn3ccc(C(F)(F)F)n3)CC2)n1.CCOC(=O)c1csc(C2CCN(C(=O)Cn3nc(C(F)F)cc3C(F)F)CC2)n1. The fourth-order valence-electron chi connectivity index (χ4n) is 9.44. The van der Waals surface area contributed by atoms with Crippen LogP contribution in [0.15, 0.2) is 40.5 Å². The van der Waals surface area contributed by atoms with E-state index in [0.717, 1.165) is 55.6 Å². The van der Waals surface area contributed by atoms with Crippen LogP contribution in [0.5, 0.6) is 0 Å². The van der Waals surface area contributed by atoms with Crippen molar-refractivity contribution in [2.45, 2.75) is 129 Å². The van der Waals surface area contributed by atoms with Gasteiger partial charge in [-0.2, -0.15) is 41.6 Å². The van der Waals surface area contributed by atoms with Crippen LogP contribution >= 0.6 is 34.0 Å². The maximum atomic E-state index is 13.1. The Kier molecular flexibility index (Phi) is 23.2. The molecule has 0 radical (unpaired) electrons. The molecule has 9 rings (SSSR count). The highest BCUT2D eigenvalue weighted by Crippen LogP contribution is 2.35. The minimum absolute atomic E-state index is 0.0228. The Morgan fingerprint density at radius 1 is 0.552 bits per heavy atom. The number of aryl methyl sites for hydroxylation is 1. The molecule has 3 aliphatic heterocycles. The average molecular weight is 1300 g/mol. The molecule has 0 aromatic carbocycles. The number of esters is 3. The Bertz CT molecular complexity index is 3310. The van der Waals surface area contributed by atoms with E-state index in [4.69, 9.17) is 14.2 Å². The molecule has 474 valence electrons. The van der Waals surface area contributed by atoms with Crippen LogP contribution in [-0.2, 0) is 60.6 Å². The van der Waals surface area contributed by atoms with Crippen LogP contribution in [0.2, 0.25) is 0 Å². The maximum absolute atomic E-state index is 13.1. The van der Waals surface area contributed by atoms with Crippen molar-refractivity contribution in [3.63, 3.8) is 0 Å². The third-order valence-electron chi connectivity index (χ3n) is 13.9.